The first-order valence-corrected chi connectivity index (χ1v) is 4.86. The van der Waals surface area contributed by atoms with Gasteiger partial charge in [0, 0.05) is 13.0 Å². The number of aliphatic hydroxyl groups excluding tert-OH is 1. The van der Waals surface area contributed by atoms with Crippen LogP contribution in [0.5, 0.6) is 0 Å². The Labute approximate surface area is 83.5 Å². The topological polar surface area (TPSA) is 47.9 Å². The van der Waals surface area contributed by atoms with Crippen molar-refractivity contribution in [2.24, 2.45) is 5.92 Å². The van der Waals surface area contributed by atoms with Gasteiger partial charge in [0.2, 0.25) is 5.79 Å². The van der Waals surface area contributed by atoms with Gasteiger partial charge in [0.05, 0.1) is 19.8 Å². The fraction of sp³-hybridized carbons (Fsp3) is 0.800. The monoisotopic (exact) mass is 200 g/mol. The lowest BCUT2D eigenvalue weighted by Gasteiger charge is -2.37. The third kappa shape index (κ3) is 1.26. The fourth-order valence-corrected chi connectivity index (χ4v) is 2.39. The molecule has 2 aliphatic rings. The smallest absolute Gasteiger partial charge is 0.230 e. The predicted molar refractivity (Wildman–Crippen MR) is 49.5 cm³/mol. The van der Waals surface area contributed by atoms with Crippen LogP contribution in [-0.4, -0.2) is 37.8 Å². The summed E-state index contributed by atoms with van der Waals surface area (Å²) in [5.74, 6) is 0.0530. The van der Waals surface area contributed by atoms with Crippen LogP contribution < -0.4 is 0 Å². The molecular formula is C10H16O4. The highest BCUT2D eigenvalue weighted by atomic mass is 16.7. The molecule has 0 aromatic heterocycles. The number of methoxy groups -OCH3 is 2. The molecule has 1 N–H and O–H groups in total. The largest absolute Gasteiger partial charge is 0.496 e. The van der Waals surface area contributed by atoms with Crippen molar-refractivity contribution in [3.8, 4) is 0 Å². The van der Waals surface area contributed by atoms with Crippen LogP contribution >= 0.6 is 0 Å². The second-order valence-electron chi connectivity index (χ2n) is 3.74. The molecule has 0 bridgehead atoms. The first-order valence-electron chi connectivity index (χ1n) is 4.86. The molecule has 1 saturated heterocycles. The summed E-state index contributed by atoms with van der Waals surface area (Å²) < 4.78 is 16.3. The third-order valence-corrected chi connectivity index (χ3v) is 3.06. The summed E-state index contributed by atoms with van der Waals surface area (Å²) >= 11 is 0. The molecule has 4 heteroatoms. The van der Waals surface area contributed by atoms with E-state index in [4.69, 9.17) is 14.2 Å². The van der Waals surface area contributed by atoms with Crippen LogP contribution in [0.25, 0.3) is 0 Å². The average Bonchev–Trinajstić information content (AvgIpc) is 2.60. The van der Waals surface area contributed by atoms with Crippen molar-refractivity contribution in [2.45, 2.75) is 24.7 Å². The SMILES string of the molecule is COC1=C[C@@H](O)C[C@H]2CCO[C@]12OC. The van der Waals surface area contributed by atoms with E-state index in [-0.39, 0.29) is 5.92 Å². The molecule has 0 radical (unpaired) electrons. The van der Waals surface area contributed by atoms with Gasteiger partial charge < -0.3 is 19.3 Å². The zero-order valence-electron chi connectivity index (χ0n) is 8.53. The quantitative estimate of drug-likeness (QED) is 0.711. The Kier molecular flexibility index (Phi) is 2.51. The van der Waals surface area contributed by atoms with Crippen LogP contribution in [0.15, 0.2) is 11.8 Å². The summed E-state index contributed by atoms with van der Waals surface area (Å²) in [7, 11) is 3.19. The van der Waals surface area contributed by atoms with Crippen molar-refractivity contribution in [1.29, 1.82) is 0 Å². The van der Waals surface area contributed by atoms with E-state index in [2.05, 4.69) is 0 Å². The maximum absolute atomic E-state index is 9.60. The Morgan fingerprint density at radius 2 is 2.36 bits per heavy atom. The lowest BCUT2D eigenvalue weighted by molar-refractivity contribution is -0.217. The minimum Gasteiger partial charge on any atom is -0.496 e. The average molecular weight is 200 g/mol. The first-order chi connectivity index (χ1) is 6.73. The van der Waals surface area contributed by atoms with E-state index in [1.54, 1.807) is 20.3 Å². The maximum atomic E-state index is 9.60. The number of hydrogen-bond donors (Lipinski definition) is 1. The molecule has 0 saturated carbocycles. The van der Waals surface area contributed by atoms with Crippen LogP contribution in [0.4, 0.5) is 0 Å². The predicted octanol–water partition coefficient (Wildman–Crippen LogP) is 0.660. The molecule has 1 aliphatic heterocycles. The van der Waals surface area contributed by atoms with Gasteiger partial charge in [0.1, 0.15) is 0 Å². The molecule has 0 aromatic rings. The highest BCUT2D eigenvalue weighted by molar-refractivity contribution is 5.17. The van der Waals surface area contributed by atoms with Crippen molar-refractivity contribution < 1.29 is 19.3 Å². The van der Waals surface area contributed by atoms with E-state index in [1.807, 2.05) is 0 Å². The summed E-state index contributed by atoms with van der Waals surface area (Å²) in [6, 6.07) is 0. The van der Waals surface area contributed by atoms with E-state index >= 15 is 0 Å². The molecule has 1 aliphatic carbocycles. The van der Waals surface area contributed by atoms with Crippen molar-refractivity contribution >= 4 is 0 Å². The molecule has 3 atom stereocenters. The number of hydrogen-bond acceptors (Lipinski definition) is 4. The van der Waals surface area contributed by atoms with Gasteiger partial charge in [-0.3, -0.25) is 0 Å². The summed E-state index contributed by atoms with van der Waals surface area (Å²) in [5.41, 5.74) is 0. The molecule has 14 heavy (non-hydrogen) atoms. The minimum absolute atomic E-state index is 0.197. The lowest BCUT2D eigenvalue weighted by atomic mass is 9.85. The molecule has 1 heterocycles. The molecule has 0 amide bonds. The fourth-order valence-electron chi connectivity index (χ4n) is 2.39. The van der Waals surface area contributed by atoms with E-state index in [1.165, 1.54) is 0 Å². The molecule has 4 nitrogen and oxygen atoms in total. The van der Waals surface area contributed by atoms with E-state index in [0.717, 1.165) is 6.42 Å². The van der Waals surface area contributed by atoms with Crippen LogP contribution in [0.2, 0.25) is 0 Å². The Morgan fingerprint density at radius 1 is 1.57 bits per heavy atom. The maximum Gasteiger partial charge on any atom is 0.230 e. The molecule has 80 valence electrons. The molecule has 0 spiro atoms. The zero-order chi connectivity index (χ0) is 10.2. The van der Waals surface area contributed by atoms with Gasteiger partial charge in [-0.25, -0.2) is 0 Å². The number of aliphatic hydroxyl groups is 1. The highest BCUT2D eigenvalue weighted by Crippen LogP contribution is 2.44. The van der Waals surface area contributed by atoms with E-state index < -0.39 is 11.9 Å². The van der Waals surface area contributed by atoms with Gasteiger partial charge in [-0.1, -0.05) is 0 Å². The van der Waals surface area contributed by atoms with Crippen molar-refractivity contribution in [3.63, 3.8) is 0 Å². The second kappa shape index (κ2) is 3.53. The Morgan fingerprint density at radius 3 is 3.00 bits per heavy atom. The van der Waals surface area contributed by atoms with Crippen molar-refractivity contribution in [1.82, 2.24) is 0 Å². The molecule has 1 fully saturated rings. The normalized spacial score (nSPS) is 41.8. The molecular weight excluding hydrogens is 184 g/mol. The van der Waals surface area contributed by atoms with E-state index in [0.29, 0.717) is 18.8 Å². The Bertz CT molecular complexity index is 251. The summed E-state index contributed by atoms with van der Waals surface area (Å²) in [6.07, 6.45) is 2.82. The summed E-state index contributed by atoms with van der Waals surface area (Å²) in [4.78, 5) is 0. The minimum atomic E-state index is -0.742. The summed E-state index contributed by atoms with van der Waals surface area (Å²) in [6.45, 7) is 0.659. The van der Waals surface area contributed by atoms with Gasteiger partial charge in [0.25, 0.3) is 0 Å². The summed E-state index contributed by atoms with van der Waals surface area (Å²) in [5, 5.41) is 9.60. The van der Waals surface area contributed by atoms with Crippen molar-refractivity contribution in [3.05, 3.63) is 11.8 Å². The Hall–Kier alpha value is -0.580. The third-order valence-electron chi connectivity index (χ3n) is 3.06. The first kappa shape index (κ1) is 9.96. The van der Waals surface area contributed by atoms with Crippen molar-refractivity contribution in [2.75, 3.05) is 20.8 Å². The number of rotatable bonds is 2. The zero-order valence-corrected chi connectivity index (χ0v) is 8.53. The Balaban J connectivity index is 2.34. The van der Waals surface area contributed by atoms with Gasteiger partial charge in [-0.05, 0) is 18.9 Å². The lowest BCUT2D eigenvalue weighted by Crippen LogP contribution is -2.44. The number of fused-ring (bicyclic) bond motifs is 1. The highest BCUT2D eigenvalue weighted by Gasteiger charge is 2.52. The van der Waals surface area contributed by atoms with Gasteiger partial charge in [0.15, 0.2) is 5.76 Å². The van der Waals surface area contributed by atoms with Gasteiger partial charge >= 0.3 is 0 Å². The molecule has 2 rings (SSSR count). The second-order valence-corrected chi connectivity index (χ2v) is 3.74. The molecule has 0 unspecified atom stereocenters. The van der Waals surface area contributed by atoms with Gasteiger partial charge in [-0.15, -0.1) is 0 Å². The van der Waals surface area contributed by atoms with Crippen LogP contribution in [-0.2, 0) is 14.2 Å². The molecule has 0 aromatic carbocycles. The van der Waals surface area contributed by atoms with E-state index in [9.17, 15) is 5.11 Å². The van der Waals surface area contributed by atoms with Gasteiger partial charge in [-0.2, -0.15) is 0 Å². The number of ether oxygens (including phenoxy) is 3. The standard InChI is InChI=1S/C10H16O4/c1-12-9-6-8(11)5-7-3-4-14-10(7,9)13-2/h6-8,11H,3-5H2,1-2H3/t7-,8+,10+/m1/s1. The van der Waals surface area contributed by atoms with Crippen LogP contribution in [0.1, 0.15) is 12.8 Å². The van der Waals surface area contributed by atoms with Crippen LogP contribution in [0, 0.1) is 5.92 Å². The van der Waals surface area contributed by atoms with Crippen LogP contribution in [0.3, 0.4) is 0 Å².